The summed E-state index contributed by atoms with van der Waals surface area (Å²) < 4.78 is 5.77. The second kappa shape index (κ2) is 5.66. The van der Waals surface area contributed by atoms with Crippen molar-refractivity contribution in [3.05, 3.63) is 64.9 Å². The number of phenols is 1. The number of quaternary nitrogens is 1. The van der Waals surface area contributed by atoms with Gasteiger partial charge in [-0.1, -0.05) is 30.3 Å². The molecule has 1 heterocycles. The summed E-state index contributed by atoms with van der Waals surface area (Å²) in [5.41, 5.74) is 2.08. The molecule has 0 saturated heterocycles. The summed E-state index contributed by atoms with van der Waals surface area (Å²) >= 11 is 0. The number of fused-ring (bicyclic) bond motifs is 1. The van der Waals surface area contributed by atoms with Crippen molar-refractivity contribution in [2.45, 2.75) is 6.54 Å². The third kappa shape index (κ3) is 2.61. The Hall–Kier alpha value is -2.59. The first kappa shape index (κ1) is 14.4. The molecule has 3 rings (SSSR count). The van der Waals surface area contributed by atoms with Crippen LogP contribution in [0.1, 0.15) is 21.5 Å². The lowest BCUT2D eigenvalue weighted by Crippen LogP contribution is -3.04. The predicted molar refractivity (Wildman–Crippen MR) is 84.0 cm³/mol. The fourth-order valence-corrected chi connectivity index (χ4v) is 2.52. The quantitative estimate of drug-likeness (QED) is 0.847. The Kier molecular flexibility index (Phi) is 3.69. The van der Waals surface area contributed by atoms with Gasteiger partial charge in [0.2, 0.25) is 5.78 Å². The molecule has 22 heavy (non-hydrogen) atoms. The van der Waals surface area contributed by atoms with Crippen LogP contribution in [0, 0.1) is 0 Å². The molecular formula is C18H18NO3+. The van der Waals surface area contributed by atoms with Gasteiger partial charge in [0.15, 0.2) is 11.5 Å². The first-order valence-electron chi connectivity index (χ1n) is 7.19. The Bertz CT molecular complexity index is 748. The van der Waals surface area contributed by atoms with Crippen molar-refractivity contribution in [1.29, 1.82) is 0 Å². The van der Waals surface area contributed by atoms with Gasteiger partial charge in [0.25, 0.3) is 0 Å². The van der Waals surface area contributed by atoms with E-state index in [-0.39, 0.29) is 11.5 Å². The van der Waals surface area contributed by atoms with Gasteiger partial charge in [-0.05, 0) is 23.8 Å². The van der Waals surface area contributed by atoms with Crippen LogP contribution in [-0.2, 0) is 6.54 Å². The van der Waals surface area contributed by atoms with Gasteiger partial charge in [-0.2, -0.15) is 0 Å². The molecule has 112 valence electrons. The van der Waals surface area contributed by atoms with E-state index in [0.717, 1.165) is 10.5 Å². The van der Waals surface area contributed by atoms with Gasteiger partial charge in [-0.3, -0.25) is 4.79 Å². The van der Waals surface area contributed by atoms with Crippen molar-refractivity contribution in [3.8, 4) is 11.5 Å². The fourth-order valence-electron chi connectivity index (χ4n) is 2.52. The number of ether oxygens (including phenoxy) is 1. The largest absolute Gasteiger partial charge is 0.507 e. The number of hydrogen-bond acceptors (Lipinski definition) is 3. The minimum absolute atomic E-state index is 0.145. The third-order valence-electron chi connectivity index (χ3n) is 3.54. The van der Waals surface area contributed by atoms with Crippen LogP contribution in [0.15, 0.2) is 48.2 Å². The lowest BCUT2D eigenvalue weighted by atomic mass is 10.0. The molecule has 2 aromatic rings. The summed E-state index contributed by atoms with van der Waals surface area (Å²) in [5, 5.41) is 10.1. The van der Waals surface area contributed by atoms with Gasteiger partial charge >= 0.3 is 0 Å². The van der Waals surface area contributed by atoms with Gasteiger partial charge in [0.1, 0.15) is 12.3 Å². The van der Waals surface area contributed by atoms with E-state index in [2.05, 4.69) is 0 Å². The summed E-state index contributed by atoms with van der Waals surface area (Å²) in [6.45, 7) is 0.584. The van der Waals surface area contributed by atoms with Crippen LogP contribution in [0.5, 0.6) is 11.5 Å². The minimum atomic E-state index is -0.145. The standard InChI is InChI=1S/C18H17NO3/c1-19(2)11-14-15(20)9-8-13-17(21)16(22-18(13)14)10-12-6-4-3-5-7-12/h3-10,20H,11H2,1-2H3/p+1. The first-order chi connectivity index (χ1) is 10.6. The second-order valence-electron chi connectivity index (χ2n) is 5.67. The number of carbonyl (C=O) groups excluding carboxylic acids is 1. The highest BCUT2D eigenvalue weighted by molar-refractivity contribution is 6.14. The molecule has 0 radical (unpaired) electrons. The Morgan fingerprint density at radius 1 is 1.14 bits per heavy atom. The zero-order valence-electron chi connectivity index (χ0n) is 12.6. The van der Waals surface area contributed by atoms with E-state index in [1.165, 1.54) is 0 Å². The molecule has 0 aliphatic carbocycles. The Morgan fingerprint density at radius 2 is 1.86 bits per heavy atom. The van der Waals surface area contributed by atoms with Crippen LogP contribution < -0.4 is 9.64 Å². The Morgan fingerprint density at radius 3 is 2.55 bits per heavy atom. The molecule has 1 aliphatic heterocycles. The Labute approximate surface area is 129 Å². The monoisotopic (exact) mass is 296 g/mol. The van der Waals surface area contributed by atoms with Gasteiger partial charge in [0.05, 0.1) is 25.2 Å². The average molecular weight is 296 g/mol. The summed E-state index contributed by atoms with van der Waals surface area (Å²) in [6, 6.07) is 12.7. The SMILES string of the molecule is C[NH+](C)Cc1c(O)ccc2c1OC(=Cc1ccccc1)C2=O. The van der Waals surface area contributed by atoms with Crippen LogP contribution in [0.3, 0.4) is 0 Å². The van der Waals surface area contributed by atoms with E-state index in [1.807, 2.05) is 44.4 Å². The van der Waals surface area contributed by atoms with Crippen LogP contribution in [0.4, 0.5) is 0 Å². The van der Waals surface area contributed by atoms with E-state index >= 15 is 0 Å². The van der Waals surface area contributed by atoms with Gasteiger partial charge in [-0.15, -0.1) is 0 Å². The van der Waals surface area contributed by atoms with Crippen molar-refractivity contribution in [1.82, 2.24) is 0 Å². The molecule has 0 amide bonds. The molecular weight excluding hydrogens is 278 g/mol. The molecule has 4 nitrogen and oxygen atoms in total. The van der Waals surface area contributed by atoms with Gasteiger partial charge in [-0.25, -0.2) is 0 Å². The highest BCUT2D eigenvalue weighted by atomic mass is 16.5. The zero-order chi connectivity index (χ0) is 15.7. The molecule has 0 atom stereocenters. The van der Waals surface area contributed by atoms with E-state index in [9.17, 15) is 9.90 Å². The number of carbonyl (C=O) groups is 1. The highest BCUT2D eigenvalue weighted by Gasteiger charge is 2.31. The maximum absolute atomic E-state index is 12.5. The molecule has 4 heteroatoms. The van der Waals surface area contributed by atoms with E-state index in [0.29, 0.717) is 29.2 Å². The number of rotatable bonds is 3. The van der Waals surface area contributed by atoms with Gasteiger partial charge < -0.3 is 14.7 Å². The average Bonchev–Trinajstić information content (AvgIpc) is 2.80. The topological polar surface area (TPSA) is 51.0 Å². The summed E-state index contributed by atoms with van der Waals surface area (Å²) in [5.74, 6) is 0.790. The molecule has 0 bridgehead atoms. The first-order valence-corrected chi connectivity index (χ1v) is 7.19. The maximum atomic E-state index is 12.5. The summed E-state index contributed by atoms with van der Waals surface area (Å²) in [6.07, 6.45) is 1.73. The minimum Gasteiger partial charge on any atom is -0.507 e. The van der Waals surface area contributed by atoms with Crippen molar-refractivity contribution < 1.29 is 19.5 Å². The number of phenolic OH excluding ortho intramolecular Hbond substituents is 1. The smallest absolute Gasteiger partial charge is 0.231 e. The molecule has 2 aromatic carbocycles. The summed E-state index contributed by atoms with van der Waals surface area (Å²) in [7, 11) is 3.96. The summed E-state index contributed by atoms with van der Waals surface area (Å²) in [4.78, 5) is 13.6. The number of Topliss-reactive ketones (excluding diaryl/α,β-unsaturated/α-hetero) is 1. The molecule has 0 unspecified atom stereocenters. The molecule has 0 saturated carbocycles. The lowest BCUT2D eigenvalue weighted by molar-refractivity contribution is -0.872. The van der Waals surface area contributed by atoms with Crippen LogP contribution in [-0.4, -0.2) is 25.0 Å². The van der Waals surface area contributed by atoms with Gasteiger partial charge in [0, 0.05) is 0 Å². The number of benzene rings is 2. The number of ketones is 1. The molecule has 0 aromatic heterocycles. The van der Waals surface area contributed by atoms with E-state index in [1.54, 1.807) is 18.2 Å². The number of nitrogens with one attached hydrogen (secondary N) is 1. The number of aromatic hydroxyl groups is 1. The highest BCUT2D eigenvalue weighted by Crippen LogP contribution is 2.39. The fraction of sp³-hybridized carbons (Fsp3) is 0.167. The second-order valence-corrected chi connectivity index (χ2v) is 5.67. The number of allylic oxidation sites excluding steroid dienone is 1. The predicted octanol–water partition coefficient (Wildman–Crippen LogP) is 1.65. The maximum Gasteiger partial charge on any atom is 0.231 e. The molecule has 0 spiro atoms. The van der Waals surface area contributed by atoms with Crippen molar-refractivity contribution in [2.24, 2.45) is 0 Å². The van der Waals surface area contributed by atoms with Crippen molar-refractivity contribution in [3.63, 3.8) is 0 Å². The molecule has 0 fully saturated rings. The van der Waals surface area contributed by atoms with Crippen LogP contribution in [0.25, 0.3) is 6.08 Å². The normalized spacial score (nSPS) is 15.2. The lowest BCUT2D eigenvalue weighted by Gasteiger charge is -2.11. The van der Waals surface area contributed by atoms with E-state index < -0.39 is 0 Å². The number of hydrogen-bond donors (Lipinski definition) is 2. The van der Waals surface area contributed by atoms with Crippen LogP contribution >= 0.6 is 0 Å². The molecule has 2 N–H and O–H groups in total. The van der Waals surface area contributed by atoms with Crippen molar-refractivity contribution >= 4 is 11.9 Å². The third-order valence-corrected chi connectivity index (χ3v) is 3.54. The Balaban J connectivity index is 2.02. The zero-order valence-corrected chi connectivity index (χ0v) is 12.6. The van der Waals surface area contributed by atoms with Crippen molar-refractivity contribution in [2.75, 3.05) is 14.1 Å². The molecule has 1 aliphatic rings. The van der Waals surface area contributed by atoms with Crippen LogP contribution in [0.2, 0.25) is 0 Å². The van der Waals surface area contributed by atoms with E-state index in [4.69, 9.17) is 4.74 Å².